The Balaban J connectivity index is 3.23. The largest absolute Gasteiger partial charge is 0.272 e. The Morgan fingerprint density at radius 2 is 1.76 bits per heavy atom. The quantitative estimate of drug-likeness (QED) is 0.552. The van der Waals surface area contributed by atoms with Gasteiger partial charge in [-0.2, -0.15) is 0 Å². The van der Waals surface area contributed by atoms with E-state index < -0.39 is 0 Å². The molecule has 0 aliphatic rings. The van der Waals surface area contributed by atoms with Crippen LogP contribution >= 0.6 is 0 Å². The van der Waals surface area contributed by atoms with Crippen molar-refractivity contribution < 1.29 is 4.92 Å². The molecule has 17 heavy (non-hydrogen) atoms. The summed E-state index contributed by atoms with van der Waals surface area (Å²) < 4.78 is 0. The lowest BCUT2D eigenvalue weighted by atomic mass is 9.90. The van der Waals surface area contributed by atoms with Crippen LogP contribution in [0.3, 0.4) is 0 Å². The van der Waals surface area contributed by atoms with Crippen LogP contribution in [-0.2, 0) is 0 Å². The van der Waals surface area contributed by atoms with E-state index in [0.717, 1.165) is 18.4 Å². The molecular weight excluding hydrogens is 214 g/mol. The van der Waals surface area contributed by atoms with Crippen molar-refractivity contribution in [3.05, 3.63) is 39.4 Å². The highest BCUT2D eigenvalue weighted by Gasteiger charge is 2.19. The number of hydrogen-bond donors (Lipinski definition) is 0. The molecule has 1 rings (SSSR count). The molecule has 2 atom stereocenters. The normalized spacial score (nSPS) is 14.4. The fourth-order valence-corrected chi connectivity index (χ4v) is 1.90. The topological polar surface area (TPSA) is 43.1 Å². The zero-order chi connectivity index (χ0) is 13.0. The van der Waals surface area contributed by atoms with Crippen molar-refractivity contribution in [2.75, 3.05) is 0 Å². The maximum absolute atomic E-state index is 11.0. The van der Waals surface area contributed by atoms with Crippen molar-refractivity contribution in [1.29, 1.82) is 0 Å². The smallest absolute Gasteiger partial charge is 0.258 e. The van der Waals surface area contributed by atoms with E-state index in [9.17, 15) is 10.1 Å². The Morgan fingerprint density at radius 1 is 1.18 bits per heavy atom. The molecule has 0 heterocycles. The summed E-state index contributed by atoms with van der Waals surface area (Å²) in [5.74, 6) is 0.693. The monoisotopic (exact) mass is 235 g/mol. The first-order chi connectivity index (χ1) is 8.01. The van der Waals surface area contributed by atoms with Gasteiger partial charge in [-0.05, 0) is 36.3 Å². The minimum Gasteiger partial charge on any atom is -0.258 e. The van der Waals surface area contributed by atoms with Crippen molar-refractivity contribution in [2.45, 2.75) is 52.4 Å². The zero-order valence-corrected chi connectivity index (χ0v) is 11.1. The molecule has 1 aromatic carbocycles. The van der Waals surface area contributed by atoms with Crippen LogP contribution in [0.25, 0.3) is 0 Å². The second kappa shape index (κ2) is 5.80. The van der Waals surface area contributed by atoms with Gasteiger partial charge in [0.25, 0.3) is 5.69 Å². The summed E-state index contributed by atoms with van der Waals surface area (Å²) in [7, 11) is 0. The second-order valence-electron chi connectivity index (χ2n) is 4.69. The van der Waals surface area contributed by atoms with Gasteiger partial charge >= 0.3 is 0 Å². The van der Waals surface area contributed by atoms with E-state index in [1.54, 1.807) is 6.07 Å². The average Bonchev–Trinajstić information content (AvgIpc) is 2.35. The Labute approximate surface area is 103 Å². The summed E-state index contributed by atoms with van der Waals surface area (Å²) >= 11 is 0. The molecule has 0 bridgehead atoms. The fourth-order valence-electron chi connectivity index (χ4n) is 1.90. The Kier molecular flexibility index (Phi) is 4.67. The third-order valence-corrected chi connectivity index (χ3v) is 3.57. The first-order valence-corrected chi connectivity index (χ1v) is 6.29. The highest BCUT2D eigenvalue weighted by Crippen LogP contribution is 2.32. The SMILES string of the molecule is CCC(C)c1ccc([N+](=O)[O-])c(C(C)CC)c1. The van der Waals surface area contributed by atoms with Crippen LogP contribution in [0.15, 0.2) is 18.2 Å². The highest BCUT2D eigenvalue weighted by molar-refractivity contribution is 5.45. The van der Waals surface area contributed by atoms with Crippen molar-refractivity contribution >= 4 is 5.69 Å². The van der Waals surface area contributed by atoms with Crippen LogP contribution in [0.4, 0.5) is 5.69 Å². The lowest BCUT2D eigenvalue weighted by Crippen LogP contribution is -2.02. The van der Waals surface area contributed by atoms with E-state index in [1.807, 2.05) is 19.1 Å². The van der Waals surface area contributed by atoms with E-state index in [2.05, 4.69) is 20.8 Å². The number of benzene rings is 1. The van der Waals surface area contributed by atoms with Crippen LogP contribution < -0.4 is 0 Å². The standard InChI is InChI=1S/C14H21NO2/c1-5-10(3)12-7-8-14(15(16)17)13(9-12)11(4)6-2/h7-11H,5-6H2,1-4H3. The lowest BCUT2D eigenvalue weighted by molar-refractivity contribution is -0.385. The van der Waals surface area contributed by atoms with Gasteiger partial charge in [-0.25, -0.2) is 0 Å². The maximum atomic E-state index is 11.0. The summed E-state index contributed by atoms with van der Waals surface area (Å²) in [6, 6.07) is 5.56. The summed E-state index contributed by atoms with van der Waals surface area (Å²) in [6.07, 6.45) is 1.97. The molecule has 0 N–H and O–H groups in total. The van der Waals surface area contributed by atoms with Gasteiger partial charge in [-0.1, -0.05) is 33.8 Å². The molecule has 0 saturated carbocycles. The molecule has 94 valence electrons. The molecule has 0 spiro atoms. The molecule has 0 aliphatic heterocycles. The average molecular weight is 235 g/mol. The molecule has 0 saturated heterocycles. The second-order valence-corrected chi connectivity index (χ2v) is 4.69. The maximum Gasteiger partial charge on any atom is 0.272 e. The molecular formula is C14H21NO2. The minimum absolute atomic E-state index is 0.236. The van der Waals surface area contributed by atoms with Crippen molar-refractivity contribution in [2.24, 2.45) is 0 Å². The Hall–Kier alpha value is -1.38. The number of hydrogen-bond acceptors (Lipinski definition) is 2. The van der Waals surface area contributed by atoms with Crippen LogP contribution in [0.2, 0.25) is 0 Å². The van der Waals surface area contributed by atoms with Crippen LogP contribution in [0.5, 0.6) is 0 Å². The van der Waals surface area contributed by atoms with Gasteiger partial charge in [-0.3, -0.25) is 10.1 Å². The molecule has 0 amide bonds. The molecule has 3 heteroatoms. The predicted molar refractivity (Wildman–Crippen MR) is 70.5 cm³/mol. The number of rotatable bonds is 5. The van der Waals surface area contributed by atoms with Gasteiger partial charge < -0.3 is 0 Å². The first kappa shape index (κ1) is 13.7. The third-order valence-electron chi connectivity index (χ3n) is 3.57. The summed E-state index contributed by atoms with van der Waals surface area (Å²) in [6.45, 7) is 8.39. The van der Waals surface area contributed by atoms with Crippen molar-refractivity contribution in [3.8, 4) is 0 Å². The van der Waals surface area contributed by atoms with E-state index in [1.165, 1.54) is 5.56 Å². The van der Waals surface area contributed by atoms with Crippen LogP contribution in [0, 0.1) is 10.1 Å². The lowest BCUT2D eigenvalue weighted by Gasteiger charge is -2.14. The summed E-state index contributed by atoms with van der Waals surface area (Å²) in [5, 5.41) is 11.0. The van der Waals surface area contributed by atoms with Crippen LogP contribution in [0.1, 0.15) is 63.5 Å². The zero-order valence-electron chi connectivity index (χ0n) is 11.1. The molecule has 0 aromatic heterocycles. The van der Waals surface area contributed by atoms with E-state index in [-0.39, 0.29) is 16.5 Å². The molecule has 0 fully saturated rings. The van der Waals surface area contributed by atoms with E-state index in [4.69, 9.17) is 0 Å². The van der Waals surface area contributed by atoms with Gasteiger partial charge in [-0.15, -0.1) is 0 Å². The van der Waals surface area contributed by atoms with Crippen LogP contribution in [-0.4, -0.2) is 4.92 Å². The van der Waals surface area contributed by atoms with Gasteiger partial charge in [0.15, 0.2) is 0 Å². The molecule has 0 radical (unpaired) electrons. The fraction of sp³-hybridized carbons (Fsp3) is 0.571. The molecule has 0 aliphatic carbocycles. The predicted octanol–water partition coefficient (Wildman–Crippen LogP) is 4.62. The first-order valence-electron chi connectivity index (χ1n) is 6.29. The van der Waals surface area contributed by atoms with Gasteiger partial charge in [0.1, 0.15) is 0 Å². The summed E-state index contributed by atoms with van der Waals surface area (Å²) in [4.78, 5) is 10.7. The van der Waals surface area contributed by atoms with Gasteiger partial charge in [0, 0.05) is 11.6 Å². The summed E-state index contributed by atoms with van der Waals surface area (Å²) in [5.41, 5.74) is 2.33. The Morgan fingerprint density at radius 3 is 2.24 bits per heavy atom. The third kappa shape index (κ3) is 3.05. The number of nitro groups is 1. The van der Waals surface area contributed by atoms with Gasteiger partial charge in [0.2, 0.25) is 0 Å². The minimum atomic E-state index is -0.276. The number of nitro benzene ring substituents is 1. The van der Waals surface area contributed by atoms with E-state index >= 15 is 0 Å². The Bertz CT molecular complexity index is 401. The van der Waals surface area contributed by atoms with Crippen molar-refractivity contribution in [1.82, 2.24) is 0 Å². The van der Waals surface area contributed by atoms with Crippen molar-refractivity contribution in [3.63, 3.8) is 0 Å². The highest BCUT2D eigenvalue weighted by atomic mass is 16.6. The van der Waals surface area contributed by atoms with Gasteiger partial charge in [0.05, 0.1) is 4.92 Å². The van der Waals surface area contributed by atoms with E-state index in [0.29, 0.717) is 5.92 Å². The number of nitrogens with zero attached hydrogens (tertiary/aromatic N) is 1. The molecule has 3 nitrogen and oxygen atoms in total. The molecule has 2 unspecified atom stereocenters. The molecule has 1 aromatic rings.